The average Bonchev–Trinajstić information content (AvgIpc) is 3.10. The highest BCUT2D eigenvalue weighted by molar-refractivity contribution is 14.0. The van der Waals surface area contributed by atoms with Crippen molar-refractivity contribution in [1.82, 2.24) is 15.1 Å². The van der Waals surface area contributed by atoms with Crippen LogP contribution in [0.1, 0.15) is 45.4 Å². The topological polar surface area (TPSA) is 60.3 Å². The van der Waals surface area contributed by atoms with E-state index in [1.165, 1.54) is 12.8 Å². The van der Waals surface area contributed by atoms with Gasteiger partial charge >= 0.3 is 0 Å². The summed E-state index contributed by atoms with van der Waals surface area (Å²) in [5.41, 5.74) is -0.581. The Labute approximate surface area is 169 Å². The Morgan fingerprint density at radius 1 is 1.20 bits per heavy atom. The standard InChI is InChI=1S/C18H34N4O2.HI/c1-2-19-17(20-15-18(23)7-4-3-5-8-18)22-9-6-16(14-22)21-10-12-24-13-11-21;/h16,23H,2-15H2,1H3,(H,19,20);1H. The van der Waals surface area contributed by atoms with Gasteiger partial charge in [0.1, 0.15) is 0 Å². The maximum absolute atomic E-state index is 10.7. The van der Waals surface area contributed by atoms with E-state index >= 15 is 0 Å². The van der Waals surface area contributed by atoms with Crippen molar-refractivity contribution in [2.45, 2.75) is 57.1 Å². The fraction of sp³-hybridized carbons (Fsp3) is 0.944. The lowest BCUT2D eigenvalue weighted by Crippen LogP contribution is -2.47. The van der Waals surface area contributed by atoms with E-state index in [0.717, 1.165) is 77.6 Å². The van der Waals surface area contributed by atoms with Gasteiger partial charge < -0.3 is 20.1 Å². The van der Waals surface area contributed by atoms with Gasteiger partial charge in [-0.15, -0.1) is 24.0 Å². The van der Waals surface area contributed by atoms with E-state index in [2.05, 4.69) is 22.0 Å². The molecule has 0 spiro atoms. The van der Waals surface area contributed by atoms with Gasteiger partial charge in [0.2, 0.25) is 0 Å². The van der Waals surface area contributed by atoms with Crippen molar-refractivity contribution >= 4 is 29.9 Å². The third-order valence-corrected chi connectivity index (χ3v) is 5.67. The first kappa shape index (κ1) is 21.2. The molecule has 3 rings (SSSR count). The average molecular weight is 466 g/mol. The van der Waals surface area contributed by atoms with Gasteiger partial charge in [0.05, 0.1) is 25.4 Å². The van der Waals surface area contributed by atoms with E-state index < -0.39 is 5.60 Å². The Bertz CT molecular complexity index is 423. The fourth-order valence-electron chi connectivity index (χ4n) is 4.19. The lowest BCUT2D eigenvalue weighted by atomic mass is 9.85. The summed E-state index contributed by atoms with van der Waals surface area (Å²) in [5, 5.41) is 14.1. The molecule has 1 unspecified atom stereocenters. The molecule has 3 fully saturated rings. The van der Waals surface area contributed by atoms with Gasteiger partial charge in [0.25, 0.3) is 0 Å². The maximum Gasteiger partial charge on any atom is 0.194 e. The molecule has 0 amide bonds. The van der Waals surface area contributed by atoms with Crippen LogP contribution < -0.4 is 5.32 Å². The lowest BCUT2D eigenvalue weighted by molar-refractivity contribution is 0.0128. The molecule has 146 valence electrons. The van der Waals surface area contributed by atoms with Gasteiger partial charge in [-0.25, -0.2) is 0 Å². The van der Waals surface area contributed by atoms with E-state index in [0.29, 0.717) is 12.6 Å². The van der Waals surface area contributed by atoms with Crippen LogP contribution in [0.4, 0.5) is 0 Å². The van der Waals surface area contributed by atoms with Crippen LogP contribution in [0, 0.1) is 0 Å². The van der Waals surface area contributed by atoms with Crippen LogP contribution in [0.2, 0.25) is 0 Å². The second kappa shape index (κ2) is 10.3. The highest BCUT2D eigenvalue weighted by Gasteiger charge is 2.32. The lowest BCUT2D eigenvalue weighted by Gasteiger charge is -2.33. The molecule has 2 aliphatic heterocycles. The van der Waals surface area contributed by atoms with Crippen LogP contribution in [0.15, 0.2) is 4.99 Å². The Morgan fingerprint density at radius 2 is 1.92 bits per heavy atom. The van der Waals surface area contributed by atoms with Crippen LogP contribution in [-0.2, 0) is 4.74 Å². The summed E-state index contributed by atoms with van der Waals surface area (Å²) < 4.78 is 5.47. The molecule has 0 radical (unpaired) electrons. The largest absolute Gasteiger partial charge is 0.388 e. The summed E-state index contributed by atoms with van der Waals surface area (Å²) in [6.45, 7) is 9.41. The molecular weight excluding hydrogens is 431 g/mol. The van der Waals surface area contributed by atoms with Gasteiger partial charge in [-0.1, -0.05) is 19.3 Å². The number of guanidine groups is 1. The van der Waals surface area contributed by atoms with Crippen molar-refractivity contribution in [2.75, 3.05) is 52.5 Å². The highest BCUT2D eigenvalue weighted by atomic mass is 127. The van der Waals surface area contributed by atoms with Crippen LogP contribution in [0.25, 0.3) is 0 Å². The number of nitrogens with one attached hydrogen (secondary N) is 1. The third-order valence-electron chi connectivity index (χ3n) is 5.67. The zero-order valence-corrected chi connectivity index (χ0v) is 17.9. The quantitative estimate of drug-likeness (QED) is 0.375. The molecule has 2 N–H and O–H groups in total. The van der Waals surface area contributed by atoms with Crippen molar-refractivity contribution in [3.63, 3.8) is 0 Å². The van der Waals surface area contributed by atoms with Gasteiger partial charge in [-0.3, -0.25) is 9.89 Å². The number of hydrogen-bond donors (Lipinski definition) is 2. The van der Waals surface area contributed by atoms with Crippen molar-refractivity contribution < 1.29 is 9.84 Å². The molecule has 2 saturated heterocycles. The number of hydrogen-bond acceptors (Lipinski definition) is 4. The minimum atomic E-state index is -0.581. The normalized spacial score (nSPS) is 27.8. The Morgan fingerprint density at radius 3 is 2.60 bits per heavy atom. The zero-order chi connectivity index (χ0) is 16.8. The molecule has 2 heterocycles. The van der Waals surface area contributed by atoms with Gasteiger partial charge in [0, 0.05) is 38.8 Å². The molecule has 0 aromatic rings. The molecule has 0 aromatic heterocycles. The highest BCUT2D eigenvalue weighted by Crippen LogP contribution is 2.28. The summed E-state index contributed by atoms with van der Waals surface area (Å²) in [5.74, 6) is 0.979. The SMILES string of the molecule is CCNC(=NCC1(O)CCCCC1)N1CCC(N2CCOCC2)C1.I. The number of rotatable bonds is 4. The molecule has 1 atom stereocenters. The summed E-state index contributed by atoms with van der Waals surface area (Å²) in [6.07, 6.45) is 6.49. The number of nitrogens with zero attached hydrogens (tertiary/aromatic N) is 3. The second-order valence-electron chi connectivity index (χ2n) is 7.49. The van der Waals surface area contributed by atoms with Gasteiger partial charge in [-0.05, 0) is 26.2 Å². The van der Waals surface area contributed by atoms with Gasteiger partial charge in [0.15, 0.2) is 5.96 Å². The summed E-state index contributed by atoms with van der Waals surface area (Å²) >= 11 is 0. The minimum absolute atomic E-state index is 0. The number of halogens is 1. The minimum Gasteiger partial charge on any atom is -0.388 e. The summed E-state index contributed by atoms with van der Waals surface area (Å²) in [4.78, 5) is 9.74. The molecule has 0 aromatic carbocycles. The molecular formula is C18H35IN4O2. The first-order valence-corrected chi connectivity index (χ1v) is 9.78. The zero-order valence-electron chi connectivity index (χ0n) is 15.6. The van der Waals surface area contributed by atoms with Crippen molar-refractivity contribution in [3.8, 4) is 0 Å². The molecule has 1 aliphatic carbocycles. The van der Waals surface area contributed by atoms with E-state index in [1.54, 1.807) is 0 Å². The number of morpholine rings is 1. The van der Waals surface area contributed by atoms with Crippen molar-refractivity contribution in [2.24, 2.45) is 4.99 Å². The first-order valence-electron chi connectivity index (χ1n) is 9.78. The van der Waals surface area contributed by atoms with E-state index in [1.807, 2.05) is 0 Å². The molecule has 0 bridgehead atoms. The van der Waals surface area contributed by atoms with Crippen LogP contribution in [0.3, 0.4) is 0 Å². The van der Waals surface area contributed by atoms with Crippen LogP contribution >= 0.6 is 24.0 Å². The predicted octanol–water partition coefficient (Wildman–Crippen LogP) is 1.67. The van der Waals surface area contributed by atoms with Crippen LogP contribution in [0.5, 0.6) is 0 Å². The third kappa shape index (κ3) is 5.94. The maximum atomic E-state index is 10.7. The van der Waals surface area contributed by atoms with E-state index in [4.69, 9.17) is 9.73 Å². The first-order chi connectivity index (χ1) is 11.7. The van der Waals surface area contributed by atoms with Crippen molar-refractivity contribution in [3.05, 3.63) is 0 Å². The summed E-state index contributed by atoms with van der Waals surface area (Å²) in [6, 6.07) is 0.607. The molecule has 7 heteroatoms. The molecule has 3 aliphatic rings. The number of likely N-dealkylation sites (tertiary alicyclic amines) is 1. The Kier molecular flexibility index (Phi) is 8.71. The number of aliphatic hydroxyl groups is 1. The van der Waals surface area contributed by atoms with E-state index in [9.17, 15) is 5.11 Å². The molecule has 25 heavy (non-hydrogen) atoms. The monoisotopic (exact) mass is 466 g/mol. The Balaban J connectivity index is 0.00000225. The van der Waals surface area contributed by atoms with Crippen LogP contribution in [-0.4, -0.2) is 85.0 Å². The number of ether oxygens (including phenoxy) is 1. The fourth-order valence-corrected chi connectivity index (χ4v) is 4.19. The second-order valence-corrected chi connectivity index (χ2v) is 7.49. The Hall–Kier alpha value is -0.120. The smallest absolute Gasteiger partial charge is 0.194 e. The molecule has 1 saturated carbocycles. The summed E-state index contributed by atoms with van der Waals surface area (Å²) in [7, 11) is 0. The molecule has 6 nitrogen and oxygen atoms in total. The van der Waals surface area contributed by atoms with Gasteiger partial charge in [-0.2, -0.15) is 0 Å². The van der Waals surface area contributed by atoms with Crippen molar-refractivity contribution in [1.29, 1.82) is 0 Å². The van der Waals surface area contributed by atoms with E-state index in [-0.39, 0.29) is 24.0 Å². The number of aliphatic imine (C=N–C) groups is 1. The predicted molar refractivity (Wildman–Crippen MR) is 112 cm³/mol.